The molecule has 0 radical (unpaired) electrons. The highest BCUT2D eigenvalue weighted by Crippen LogP contribution is 2.40. The lowest BCUT2D eigenvalue weighted by molar-refractivity contribution is 0.282. The number of alkyl halides is 1. The van der Waals surface area contributed by atoms with Crippen molar-refractivity contribution in [1.29, 1.82) is 0 Å². The minimum atomic E-state index is 0.00593. The molecule has 0 saturated heterocycles. The number of phenolic OH excluding ortho intramolecular Hbond substituents is 1. The molecule has 1 aromatic carbocycles. The van der Waals surface area contributed by atoms with E-state index in [9.17, 15) is 5.11 Å². The highest BCUT2D eigenvalue weighted by Gasteiger charge is 2.29. The molecule has 0 aromatic heterocycles. The summed E-state index contributed by atoms with van der Waals surface area (Å²) in [5.41, 5.74) is 3.65. The van der Waals surface area contributed by atoms with E-state index in [4.69, 9.17) is 11.6 Å². The van der Waals surface area contributed by atoms with Crippen LogP contribution in [0, 0.1) is 12.3 Å². The van der Waals surface area contributed by atoms with Crippen molar-refractivity contribution in [3.8, 4) is 5.75 Å². The Hall–Kier alpha value is -0.690. The van der Waals surface area contributed by atoms with Crippen molar-refractivity contribution in [3.63, 3.8) is 0 Å². The number of benzene rings is 1. The molecule has 1 nitrogen and oxygen atoms in total. The van der Waals surface area contributed by atoms with Crippen LogP contribution in [0.1, 0.15) is 57.7 Å². The molecule has 1 N–H and O–H groups in total. The van der Waals surface area contributed by atoms with Crippen molar-refractivity contribution in [3.05, 3.63) is 28.8 Å². The lowest BCUT2D eigenvalue weighted by Crippen LogP contribution is -2.26. The van der Waals surface area contributed by atoms with Gasteiger partial charge < -0.3 is 5.11 Å². The monoisotopic (exact) mass is 268 g/mol. The lowest BCUT2D eigenvalue weighted by atomic mass is 9.70. The molecule has 0 bridgehead atoms. The number of hydrogen-bond donors (Lipinski definition) is 1. The summed E-state index contributed by atoms with van der Waals surface area (Å²) in [7, 11) is 0. The normalized spacial score (nSPS) is 12.8. The Morgan fingerprint density at radius 2 is 1.67 bits per heavy atom. The Kier molecular flexibility index (Phi) is 4.38. The Balaban J connectivity index is 3.30. The standard InChI is InChI=1S/C16H25ClO/c1-11-7-12(18)8-14(13(11)9-17)16(5,6)10-15(2,3)4/h7-8,18H,9-10H2,1-6H3. The number of hydrogen-bond acceptors (Lipinski definition) is 1. The van der Waals surface area contributed by atoms with Crippen LogP contribution in [0.3, 0.4) is 0 Å². The van der Waals surface area contributed by atoms with Gasteiger partial charge in [0.25, 0.3) is 0 Å². The van der Waals surface area contributed by atoms with E-state index in [-0.39, 0.29) is 10.8 Å². The molecule has 0 amide bonds. The highest BCUT2D eigenvalue weighted by molar-refractivity contribution is 6.17. The van der Waals surface area contributed by atoms with Crippen molar-refractivity contribution >= 4 is 11.6 Å². The summed E-state index contributed by atoms with van der Waals surface area (Å²) >= 11 is 6.09. The summed E-state index contributed by atoms with van der Waals surface area (Å²) in [5, 5.41) is 9.83. The molecule has 1 rings (SSSR count). The largest absolute Gasteiger partial charge is 0.508 e. The number of rotatable bonds is 3. The third-order valence-electron chi connectivity index (χ3n) is 3.29. The number of aryl methyl sites for hydroxylation is 1. The average Bonchev–Trinajstić information content (AvgIpc) is 2.12. The molecule has 0 aliphatic heterocycles. The van der Waals surface area contributed by atoms with Gasteiger partial charge in [-0.25, -0.2) is 0 Å². The molecule has 0 aliphatic rings. The highest BCUT2D eigenvalue weighted by atomic mass is 35.5. The summed E-state index contributed by atoms with van der Waals surface area (Å²) in [6.45, 7) is 13.2. The van der Waals surface area contributed by atoms with E-state index in [0.29, 0.717) is 11.6 Å². The quantitative estimate of drug-likeness (QED) is 0.752. The molecule has 1 aromatic rings. The second kappa shape index (κ2) is 5.13. The molecule has 0 saturated carbocycles. The molecule has 2 heteroatoms. The van der Waals surface area contributed by atoms with E-state index in [1.165, 1.54) is 5.56 Å². The van der Waals surface area contributed by atoms with Crippen LogP contribution in [0.15, 0.2) is 12.1 Å². The van der Waals surface area contributed by atoms with Gasteiger partial charge in [-0.3, -0.25) is 0 Å². The van der Waals surface area contributed by atoms with E-state index in [1.54, 1.807) is 6.07 Å². The number of aromatic hydroxyl groups is 1. The first-order valence-electron chi connectivity index (χ1n) is 6.46. The van der Waals surface area contributed by atoms with Crippen molar-refractivity contribution in [2.75, 3.05) is 0 Å². The topological polar surface area (TPSA) is 20.2 Å². The average molecular weight is 269 g/mol. The van der Waals surface area contributed by atoms with Crippen molar-refractivity contribution < 1.29 is 5.11 Å². The maximum atomic E-state index is 9.83. The van der Waals surface area contributed by atoms with E-state index in [0.717, 1.165) is 17.5 Å². The van der Waals surface area contributed by atoms with Gasteiger partial charge in [0.05, 0.1) is 0 Å². The van der Waals surface area contributed by atoms with Gasteiger partial charge in [-0.1, -0.05) is 34.6 Å². The van der Waals surface area contributed by atoms with Crippen LogP contribution in [0.2, 0.25) is 0 Å². The first-order valence-corrected chi connectivity index (χ1v) is 6.99. The number of halogens is 1. The molecule has 0 heterocycles. The molecule has 0 aliphatic carbocycles. The molecule has 18 heavy (non-hydrogen) atoms. The van der Waals surface area contributed by atoms with Crippen molar-refractivity contribution in [2.45, 2.75) is 59.3 Å². The summed E-state index contributed by atoms with van der Waals surface area (Å²) < 4.78 is 0. The van der Waals surface area contributed by atoms with Crippen LogP contribution < -0.4 is 0 Å². The summed E-state index contributed by atoms with van der Waals surface area (Å²) in [6, 6.07) is 3.66. The van der Waals surface area contributed by atoms with Crippen LogP contribution >= 0.6 is 11.6 Å². The second-order valence-corrected chi connectivity index (χ2v) is 7.31. The Morgan fingerprint density at radius 3 is 2.11 bits per heavy atom. The fourth-order valence-corrected chi connectivity index (χ4v) is 3.36. The van der Waals surface area contributed by atoms with Crippen LogP contribution in [-0.2, 0) is 11.3 Å². The Morgan fingerprint density at radius 1 is 1.11 bits per heavy atom. The van der Waals surface area contributed by atoms with Crippen LogP contribution in [0.25, 0.3) is 0 Å². The maximum Gasteiger partial charge on any atom is 0.116 e. The zero-order chi connectivity index (χ0) is 14.1. The van der Waals surface area contributed by atoms with Crippen LogP contribution in [0.5, 0.6) is 5.75 Å². The van der Waals surface area contributed by atoms with E-state index in [2.05, 4.69) is 34.6 Å². The van der Waals surface area contributed by atoms with Gasteiger partial charge in [0.15, 0.2) is 0 Å². The molecule has 0 atom stereocenters. The molecular formula is C16H25ClO. The smallest absolute Gasteiger partial charge is 0.116 e. The van der Waals surface area contributed by atoms with Gasteiger partial charge in [-0.05, 0) is 53.0 Å². The first kappa shape index (κ1) is 15.4. The van der Waals surface area contributed by atoms with Gasteiger partial charge in [0.1, 0.15) is 5.75 Å². The van der Waals surface area contributed by atoms with Crippen LogP contribution in [0.4, 0.5) is 0 Å². The zero-order valence-electron chi connectivity index (χ0n) is 12.4. The third kappa shape index (κ3) is 3.65. The van der Waals surface area contributed by atoms with Gasteiger partial charge in [-0.2, -0.15) is 0 Å². The fourth-order valence-electron chi connectivity index (χ4n) is 3.00. The molecule has 0 fully saturated rings. The molecular weight excluding hydrogens is 244 g/mol. The van der Waals surface area contributed by atoms with Gasteiger partial charge >= 0.3 is 0 Å². The van der Waals surface area contributed by atoms with E-state index >= 15 is 0 Å². The summed E-state index contributed by atoms with van der Waals surface area (Å²) in [4.78, 5) is 0. The SMILES string of the molecule is Cc1cc(O)cc(C(C)(C)CC(C)(C)C)c1CCl. The molecule has 0 unspecified atom stereocenters. The van der Waals surface area contributed by atoms with E-state index < -0.39 is 0 Å². The van der Waals surface area contributed by atoms with E-state index in [1.807, 2.05) is 13.0 Å². The predicted octanol–water partition coefficient (Wildman–Crippen LogP) is 5.15. The lowest BCUT2D eigenvalue weighted by Gasteiger charge is -2.34. The van der Waals surface area contributed by atoms with Gasteiger partial charge in [-0.15, -0.1) is 11.6 Å². The summed E-state index contributed by atoms with van der Waals surface area (Å²) in [5.74, 6) is 0.827. The fraction of sp³-hybridized carbons (Fsp3) is 0.625. The summed E-state index contributed by atoms with van der Waals surface area (Å²) in [6.07, 6.45) is 1.05. The second-order valence-electron chi connectivity index (χ2n) is 7.04. The van der Waals surface area contributed by atoms with Gasteiger partial charge in [0, 0.05) is 5.88 Å². The predicted molar refractivity (Wildman–Crippen MR) is 79.5 cm³/mol. The Labute approximate surface area is 116 Å². The number of phenols is 1. The minimum absolute atomic E-state index is 0.00593. The Bertz CT molecular complexity index is 427. The van der Waals surface area contributed by atoms with Crippen molar-refractivity contribution in [1.82, 2.24) is 0 Å². The third-order valence-corrected chi connectivity index (χ3v) is 3.56. The zero-order valence-corrected chi connectivity index (χ0v) is 13.2. The molecule has 0 spiro atoms. The molecule has 102 valence electrons. The first-order chi connectivity index (χ1) is 8.07. The minimum Gasteiger partial charge on any atom is -0.508 e. The van der Waals surface area contributed by atoms with Crippen molar-refractivity contribution in [2.24, 2.45) is 5.41 Å². The maximum absolute atomic E-state index is 9.83. The van der Waals surface area contributed by atoms with Gasteiger partial charge in [0.2, 0.25) is 0 Å². The van der Waals surface area contributed by atoms with Crippen LogP contribution in [-0.4, -0.2) is 5.11 Å².